The second kappa shape index (κ2) is 4.05. The van der Waals surface area contributed by atoms with Gasteiger partial charge in [0.05, 0.1) is 5.69 Å². The van der Waals surface area contributed by atoms with Gasteiger partial charge in [-0.15, -0.1) is 5.10 Å². The highest BCUT2D eigenvalue weighted by Gasteiger charge is 2.17. The number of halogens is 1. The predicted molar refractivity (Wildman–Crippen MR) is 60.8 cm³/mol. The Morgan fingerprint density at radius 2 is 2.00 bits per heavy atom. The first kappa shape index (κ1) is 10.8. The van der Waals surface area contributed by atoms with E-state index in [-0.39, 0.29) is 5.69 Å². The highest BCUT2D eigenvalue weighted by molar-refractivity contribution is 9.10. The van der Waals surface area contributed by atoms with Gasteiger partial charge in [0.25, 0.3) is 0 Å². The van der Waals surface area contributed by atoms with E-state index < -0.39 is 5.97 Å². The third-order valence-corrected chi connectivity index (χ3v) is 2.81. The lowest BCUT2D eigenvalue weighted by atomic mass is 10.2. The summed E-state index contributed by atoms with van der Waals surface area (Å²) >= 11 is 3.16. The average Bonchev–Trinajstić information content (AvgIpc) is 2.61. The SMILES string of the molecule is Cc1ccc(-n2nnc(C(=O)O)c2Br)cc1. The molecule has 6 heteroatoms. The quantitative estimate of drug-likeness (QED) is 0.915. The average molecular weight is 282 g/mol. The van der Waals surface area contributed by atoms with Gasteiger partial charge in [0.2, 0.25) is 5.69 Å². The Balaban J connectivity index is 2.49. The summed E-state index contributed by atoms with van der Waals surface area (Å²) in [5, 5.41) is 16.2. The second-order valence-electron chi connectivity index (χ2n) is 3.28. The van der Waals surface area contributed by atoms with E-state index in [1.54, 1.807) is 0 Å². The minimum Gasteiger partial charge on any atom is -0.476 e. The summed E-state index contributed by atoms with van der Waals surface area (Å²) in [6, 6.07) is 7.54. The van der Waals surface area contributed by atoms with Crippen LogP contribution in [0.15, 0.2) is 28.9 Å². The number of nitrogens with zero attached hydrogens (tertiary/aromatic N) is 3. The fourth-order valence-corrected chi connectivity index (χ4v) is 1.78. The molecule has 82 valence electrons. The zero-order valence-electron chi connectivity index (χ0n) is 8.38. The molecule has 0 aliphatic rings. The number of aryl methyl sites for hydroxylation is 1. The monoisotopic (exact) mass is 281 g/mol. The Bertz CT molecular complexity index is 533. The molecule has 5 nitrogen and oxygen atoms in total. The minimum absolute atomic E-state index is 0.0967. The van der Waals surface area contributed by atoms with Gasteiger partial charge < -0.3 is 5.11 Å². The van der Waals surface area contributed by atoms with Gasteiger partial charge in [-0.1, -0.05) is 22.9 Å². The zero-order chi connectivity index (χ0) is 11.7. The highest BCUT2D eigenvalue weighted by atomic mass is 79.9. The van der Waals surface area contributed by atoms with Crippen molar-refractivity contribution in [1.29, 1.82) is 0 Å². The molecule has 0 radical (unpaired) electrons. The van der Waals surface area contributed by atoms with Crippen molar-refractivity contribution in [2.45, 2.75) is 6.92 Å². The van der Waals surface area contributed by atoms with E-state index in [1.807, 2.05) is 31.2 Å². The Kier molecular flexibility index (Phi) is 2.74. The van der Waals surface area contributed by atoms with Crippen LogP contribution in [0.2, 0.25) is 0 Å². The number of carboxylic acids is 1. The van der Waals surface area contributed by atoms with Gasteiger partial charge in [-0.05, 0) is 35.0 Å². The van der Waals surface area contributed by atoms with Gasteiger partial charge in [0.15, 0.2) is 0 Å². The summed E-state index contributed by atoms with van der Waals surface area (Å²) in [7, 11) is 0. The van der Waals surface area contributed by atoms with Gasteiger partial charge in [0, 0.05) is 0 Å². The van der Waals surface area contributed by atoms with Crippen molar-refractivity contribution in [1.82, 2.24) is 15.0 Å². The van der Waals surface area contributed by atoms with Crippen LogP contribution in [0.1, 0.15) is 16.1 Å². The third kappa shape index (κ3) is 1.83. The Hall–Kier alpha value is -1.69. The highest BCUT2D eigenvalue weighted by Crippen LogP contribution is 2.18. The van der Waals surface area contributed by atoms with Crippen molar-refractivity contribution >= 4 is 21.9 Å². The molecule has 1 heterocycles. The van der Waals surface area contributed by atoms with Crippen LogP contribution in [0.3, 0.4) is 0 Å². The van der Waals surface area contributed by atoms with Crippen molar-refractivity contribution in [3.8, 4) is 5.69 Å². The lowest BCUT2D eigenvalue weighted by molar-refractivity contribution is 0.0689. The molecule has 0 bridgehead atoms. The summed E-state index contributed by atoms with van der Waals surface area (Å²) < 4.78 is 1.77. The normalized spacial score (nSPS) is 10.4. The summed E-state index contributed by atoms with van der Waals surface area (Å²) in [4.78, 5) is 10.8. The first-order valence-corrected chi connectivity index (χ1v) is 5.30. The molecule has 0 fully saturated rings. The van der Waals surface area contributed by atoms with Gasteiger partial charge in [0.1, 0.15) is 4.60 Å². The van der Waals surface area contributed by atoms with Gasteiger partial charge in [-0.2, -0.15) is 0 Å². The summed E-state index contributed by atoms with van der Waals surface area (Å²) in [5.41, 5.74) is 1.79. The molecule has 16 heavy (non-hydrogen) atoms. The number of hydrogen-bond acceptors (Lipinski definition) is 3. The summed E-state index contributed by atoms with van der Waals surface area (Å²) in [5.74, 6) is -1.11. The minimum atomic E-state index is -1.11. The van der Waals surface area contributed by atoms with E-state index in [0.29, 0.717) is 4.60 Å². The first-order chi connectivity index (χ1) is 7.59. The summed E-state index contributed by atoms with van der Waals surface area (Å²) in [6.07, 6.45) is 0. The maximum absolute atomic E-state index is 10.8. The van der Waals surface area contributed by atoms with E-state index in [0.717, 1.165) is 11.3 Å². The molecular formula is C10H8BrN3O2. The molecule has 0 spiro atoms. The maximum atomic E-state index is 10.8. The van der Waals surface area contributed by atoms with Crippen LogP contribution in [-0.2, 0) is 0 Å². The first-order valence-electron chi connectivity index (χ1n) is 4.51. The van der Waals surface area contributed by atoms with Crippen molar-refractivity contribution < 1.29 is 9.90 Å². The fraction of sp³-hybridized carbons (Fsp3) is 0.100. The molecule has 0 saturated heterocycles. The second-order valence-corrected chi connectivity index (χ2v) is 4.03. The predicted octanol–water partition coefficient (Wildman–Crippen LogP) is 2.04. The fourth-order valence-electron chi connectivity index (χ4n) is 1.25. The number of carboxylic acid groups (broad SMARTS) is 1. The molecule has 1 aromatic carbocycles. The number of rotatable bonds is 2. The van der Waals surface area contributed by atoms with Crippen molar-refractivity contribution in [3.63, 3.8) is 0 Å². The Morgan fingerprint density at radius 1 is 1.38 bits per heavy atom. The van der Waals surface area contributed by atoms with E-state index in [9.17, 15) is 4.79 Å². The molecule has 1 N–H and O–H groups in total. The maximum Gasteiger partial charge on any atom is 0.359 e. The van der Waals surface area contributed by atoms with Gasteiger partial charge in [-0.25, -0.2) is 9.48 Å². The van der Waals surface area contributed by atoms with Crippen molar-refractivity contribution in [2.75, 3.05) is 0 Å². The smallest absolute Gasteiger partial charge is 0.359 e. The van der Waals surface area contributed by atoms with E-state index >= 15 is 0 Å². The Morgan fingerprint density at radius 3 is 2.50 bits per heavy atom. The molecule has 0 unspecified atom stereocenters. The van der Waals surface area contributed by atoms with E-state index in [2.05, 4.69) is 26.2 Å². The van der Waals surface area contributed by atoms with Crippen LogP contribution >= 0.6 is 15.9 Å². The molecule has 2 rings (SSSR count). The molecular weight excluding hydrogens is 274 g/mol. The number of aromatic nitrogens is 3. The standard InChI is InChI=1S/C10H8BrN3O2/c1-6-2-4-7(5-3-6)14-9(11)8(10(15)16)12-13-14/h2-5H,1H3,(H,15,16). The lowest BCUT2D eigenvalue weighted by Gasteiger charge is -2.01. The van der Waals surface area contributed by atoms with Gasteiger partial charge >= 0.3 is 5.97 Å². The molecule has 0 aliphatic carbocycles. The van der Waals surface area contributed by atoms with E-state index in [1.165, 1.54) is 4.68 Å². The van der Waals surface area contributed by atoms with E-state index in [4.69, 9.17) is 5.11 Å². The molecule has 0 aliphatic heterocycles. The molecule has 2 aromatic rings. The molecule has 1 aromatic heterocycles. The number of hydrogen-bond donors (Lipinski definition) is 1. The van der Waals surface area contributed by atoms with Crippen LogP contribution in [-0.4, -0.2) is 26.1 Å². The number of carbonyl (C=O) groups is 1. The van der Waals surface area contributed by atoms with Crippen molar-refractivity contribution in [2.24, 2.45) is 0 Å². The van der Waals surface area contributed by atoms with Crippen LogP contribution in [0.25, 0.3) is 5.69 Å². The number of benzene rings is 1. The summed E-state index contributed by atoms with van der Waals surface area (Å²) in [6.45, 7) is 1.98. The van der Waals surface area contributed by atoms with Gasteiger partial charge in [-0.3, -0.25) is 0 Å². The van der Waals surface area contributed by atoms with Crippen molar-refractivity contribution in [3.05, 3.63) is 40.1 Å². The molecule has 0 amide bonds. The lowest BCUT2D eigenvalue weighted by Crippen LogP contribution is -1.99. The largest absolute Gasteiger partial charge is 0.476 e. The topological polar surface area (TPSA) is 68.0 Å². The van der Waals surface area contributed by atoms with Crippen LogP contribution in [0.5, 0.6) is 0 Å². The van der Waals surface area contributed by atoms with Crippen LogP contribution < -0.4 is 0 Å². The molecule has 0 atom stereocenters. The third-order valence-electron chi connectivity index (χ3n) is 2.10. The van der Waals surface area contributed by atoms with Crippen LogP contribution in [0, 0.1) is 6.92 Å². The molecule has 0 saturated carbocycles. The Labute approximate surface area is 99.8 Å². The zero-order valence-corrected chi connectivity index (χ0v) is 9.97. The number of aromatic carboxylic acids is 1. The van der Waals surface area contributed by atoms with Crippen LogP contribution in [0.4, 0.5) is 0 Å².